The number of ether oxygens (including phenoxy) is 1. The van der Waals surface area contributed by atoms with Crippen molar-refractivity contribution in [3.63, 3.8) is 0 Å². The van der Waals surface area contributed by atoms with Crippen LogP contribution in [0.15, 0.2) is 15.4 Å². The summed E-state index contributed by atoms with van der Waals surface area (Å²) >= 11 is 0. The Bertz CT molecular complexity index is 768. The Morgan fingerprint density at radius 1 is 1.36 bits per heavy atom. The molecule has 2 rings (SSSR count). The molecule has 0 saturated heterocycles. The standard InChI is InChI=1S/C16H23N5O4/c1-9(2)7-11-8-12(19-16(23)18-11)14(22)17-10(3)15-20-13(21-25-15)5-6-24-4/h8-10H,5-7H2,1-4H3,(H,17,22)(H,18,19,23)/t10-/m0/s1. The first-order chi connectivity index (χ1) is 11.9. The van der Waals surface area contributed by atoms with Gasteiger partial charge in [0.25, 0.3) is 5.91 Å². The molecule has 0 radical (unpaired) electrons. The first kappa shape index (κ1) is 18.8. The van der Waals surface area contributed by atoms with Gasteiger partial charge in [-0.2, -0.15) is 9.97 Å². The summed E-state index contributed by atoms with van der Waals surface area (Å²) in [6.45, 7) is 6.25. The largest absolute Gasteiger partial charge is 0.384 e. The van der Waals surface area contributed by atoms with E-state index in [1.165, 1.54) is 0 Å². The molecule has 0 aromatic carbocycles. The molecular weight excluding hydrogens is 326 g/mol. The lowest BCUT2D eigenvalue weighted by molar-refractivity contribution is 0.0926. The average molecular weight is 349 g/mol. The van der Waals surface area contributed by atoms with Crippen LogP contribution in [0.5, 0.6) is 0 Å². The molecule has 136 valence electrons. The van der Waals surface area contributed by atoms with Crippen LogP contribution < -0.4 is 11.0 Å². The molecule has 9 heteroatoms. The van der Waals surface area contributed by atoms with Crippen LogP contribution >= 0.6 is 0 Å². The van der Waals surface area contributed by atoms with E-state index in [4.69, 9.17) is 9.26 Å². The van der Waals surface area contributed by atoms with Gasteiger partial charge < -0.3 is 19.6 Å². The molecule has 2 aromatic heterocycles. The fourth-order valence-corrected chi connectivity index (χ4v) is 2.24. The molecule has 0 fully saturated rings. The predicted molar refractivity (Wildman–Crippen MR) is 89.2 cm³/mol. The number of nitrogens with zero attached hydrogens (tertiary/aromatic N) is 3. The second kappa shape index (κ2) is 8.52. The van der Waals surface area contributed by atoms with Crippen molar-refractivity contribution in [2.75, 3.05) is 13.7 Å². The minimum atomic E-state index is -0.546. The van der Waals surface area contributed by atoms with Crippen LogP contribution in [0.4, 0.5) is 0 Å². The van der Waals surface area contributed by atoms with Crippen LogP contribution in [0.2, 0.25) is 0 Å². The summed E-state index contributed by atoms with van der Waals surface area (Å²) in [4.78, 5) is 34.6. The molecule has 2 aromatic rings. The molecule has 25 heavy (non-hydrogen) atoms. The number of methoxy groups -OCH3 is 1. The van der Waals surface area contributed by atoms with Crippen molar-refractivity contribution in [2.45, 2.75) is 39.7 Å². The molecule has 0 unspecified atom stereocenters. The van der Waals surface area contributed by atoms with Crippen molar-refractivity contribution in [1.82, 2.24) is 25.4 Å². The molecule has 0 saturated carbocycles. The maximum Gasteiger partial charge on any atom is 0.345 e. The number of carbonyl (C=O) groups excluding carboxylic acids is 1. The second-order valence-corrected chi connectivity index (χ2v) is 6.18. The molecule has 0 bridgehead atoms. The molecule has 0 aliphatic carbocycles. The zero-order valence-electron chi connectivity index (χ0n) is 14.8. The number of carbonyl (C=O) groups is 1. The molecule has 0 aliphatic rings. The second-order valence-electron chi connectivity index (χ2n) is 6.18. The van der Waals surface area contributed by atoms with Crippen molar-refractivity contribution in [3.8, 4) is 0 Å². The van der Waals surface area contributed by atoms with E-state index >= 15 is 0 Å². The Morgan fingerprint density at radius 3 is 2.80 bits per heavy atom. The number of hydrogen-bond donors (Lipinski definition) is 2. The highest BCUT2D eigenvalue weighted by Crippen LogP contribution is 2.11. The summed E-state index contributed by atoms with van der Waals surface area (Å²) in [7, 11) is 1.59. The van der Waals surface area contributed by atoms with Gasteiger partial charge in [-0.3, -0.25) is 4.79 Å². The Kier molecular flexibility index (Phi) is 6.40. The van der Waals surface area contributed by atoms with Gasteiger partial charge in [0.05, 0.1) is 6.61 Å². The third-order valence-electron chi connectivity index (χ3n) is 3.39. The number of aromatic nitrogens is 4. The van der Waals surface area contributed by atoms with E-state index in [2.05, 4.69) is 25.4 Å². The van der Waals surface area contributed by atoms with Gasteiger partial charge in [-0.25, -0.2) is 4.79 Å². The van der Waals surface area contributed by atoms with Crippen molar-refractivity contribution in [2.24, 2.45) is 5.92 Å². The summed E-state index contributed by atoms with van der Waals surface area (Å²) in [5.74, 6) is 0.662. The van der Waals surface area contributed by atoms with Crippen molar-refractivity contribution in [1.29, 1.82) is 0 Å². The molecule has 9 nitrogen and oxygen atoms in total. The number of hydrogen-bond acceptors (Lipinski definition) is 7. The molecule has 0 spiro atoms. The topological polar surface area (TPSA) is 123 Å². The van der Waals surface area contributed by atoms with Crippen LogP contribution in [0.3, 0.4) is 0 Å². The Labute approximate surface area is 145 Å². The lowest BCUT2D eigenvalue weighted by Gasteiger charge is -2.10. The van der Waals surface area contributed by atoms with Gasteiger partial charge in [-0.15, -0.1) is 0 Å². The van der Waals surface area contributed by atoms with E-state index in [9.17, 15) is 9.59 Å². The minimum absolute atomic E-state index is 0.0605. The van der Waals surface area contributed by atoms with Crippen LogP contribution in [-0.2, 0) is 17.6 Å². The first-order valence-corrected chi connectivity index (χ1v) is 8.11. The molecule has 0 aliphatic heterocycles. The Balaban J connectivity index is 2.07. The summed E-state index contributed by atoms with van der Waals surface area (Å²) in [5, 5.41) is 6.54. The number of rotatable bonds is 8. The number of aromatic amines is 1. The predicted octanol–water partition coefficient (Wildman–Crippen LogP) is 1.03. The van der Waals surface area contributed by atoms with Crippen LogP contribution in [0.1, 0.15) is 54.7 Å². The maximum absolute atomic E-state index is 12.4. The van der Waals surface area contributed by atoms with E-state index < -0.39 is 17.6 Å². The van der Waals surface area contributed by atoms with Gasteiger partial charge in [0, 0.05) is 19.2 Å². The van der Waals surface area contributed by atoms with Gasteiger partial charge in [0.15, 0.2) is 5.82 Å². The molecule has 2 N–H and O–H groups in total. The minimum Gasteiger partial charge on any atom is -0.384 e. The number of H-pyrrole nitrogens is 1. The lowest BCUT2D eigenvalue weighted by atomic mass is 10.1. The highest BCUT2D eigenvalue weighted by Gasteiger charge is 2.19. The zero-order valence-corrected chi connectivity index (χ0v) is 14.8. The number of amides is 1. The lowest BCUT2D eigenvalue weighted by Crippen LogP contribution is -2.30. The molecule has 1 amide bonds. The van der Waals surface area contributed by atoms with Gasteiger partial charge >= 0.3 is 5.69 Å². The van der Waals surface area contributed by atoms with E-state index in [0.29, 0.717) is 36.9 Å². The highest BCUT2D eigenvalue weighted by atomic mass is 16.5. The Hall–Kier alpha value is -2.55. The summed E-state index contributed by atoms with van der Waals surface area (Å²) in [6, 6.07) is 1.08. The normalized spacial score (nSPS) is 12.4. The monoisotopic (exact) mass is 349 g/mol. The Morgan fingerprint density at radius 2 is 2.12 bits per heavy atom. The third kappa shape index (κ3) is 5.49. The van der Waals surface area contributed by atoms with Crippen LogP contribution in [-0.4, -0.2) is 39.7 Å². The summed E-state index contributed by atoms with van der Waals surface area (Å²) < 4.78 is 10.1. The zero-order chi connectivity index (χ0) is 18.4. The van der Waals surface area contributed by atoms with E-state index in [0.717, 1.165) is 0 Å². The van der Waals surface area contributed by atoms with Crippen molar-refractivity contribution >= 4 is 5.91 Å². The van der Waals surface area contributed by atoms with Crippen molar-refractivity contribution < 1.29 is 14.1 Å². The maximum atomic E-state index is 12.4. The van der Waals surface area contributed by atoms with E-state index in [1.807, 2.05) is 13.8 Å². The molecule has 2 heterocycles. The van der Waals surface area contributed by atoms with Gasteiger partial charge in [0.1, 0.15) is 11.7 Å². The quantitative estimate of drug-likeness (QED) is 0.729. The summed E-state index contributed by atoms with van der Waals surface area (Å²) in [5.41, 5.74) is 0.188. The fraction of sp³-hybridized carbons (Fsp3) is 0.562. The number of nitrogens with one attached hydrogen (secondary N) is 2. The van der Waals surface area contributed by atoms with E-state index in [1.54, 1.807) is 20.1 Å². The third-order valence-corrected chi connectivity index (χ3v) is 3.39. The SMILES string of the molecule is COCCc1noc([C@H](C)NC(=O)c2cc(CC(C)C)[nH]c(=O)n2)n1. The fourth-order valence-electron chi connectivity index (χ4n) is 2.24. The first-order valence-electron chi connectivity index (χ1n) is 8.11. The van der Waals surface area contributed by atoms with Crippen LogP contribution in [0, 0.1) is 5.92 Å². The highest BCUT2D eigenvalue weighted by molar-refractivity contribution is 5.92. The van der Waals surface area contributed by atoms with Gasteiger partial charge in [0.2, 0.25) is 5.89 Å². The van der Waals surface area contributed by atoms with Crippen LogP contribution in [0.25, 0.3) is 0 Å². The summed E-state index contributed by atoms with van der Waals surface area (Å²) in [6.07, 6.45) is 1.18. The van der Waals surface area contributed by atoms with Gasteiger partial charge in [-0.1, -0.05) is 19.0 Å². The molecular formula is C16H23N5O4. The van der Waals surface area contributed by atoms with E-state index in [-0.39, 0.29) is 11.6 Å². The van der Waals surface area contributed by atoms with Gasteiger partial charge in [-0.05, 0) is 25.3 Å². The average Bonchev–Trinajstić information content (AvgIpc) is 3.00. The van der Waals surface area contributed by atoms with Crippen molar-refractivity contribution in [3.05, 3.63) is 39.7 Å². The molecule has 1 atom stereocenters. The smallest absolute Gasteiger partial charge is 0.345 e.